The zero-order chi connectivity index (χ0) is 12.1. The lowest BCUT2D eigenvalue weighted by Crippen LogP contribution is -2.45. The van der Waals surface area contributed by atoms with Crippen molar-refractivity contribution >= 4 is 0 Å². The number of hydrogen-bond acceptors (Lipinski definition) is 4. The molecule has 0 aromatic heterocycles. The predicted octanol–water partition coefficient (Wildman–Crippen LogP) is 0.459. The SMILES string of the molecule is CNCC1(CN2CCCC2CCO)CCOC1. The van der Waals surface area contributed by atoms with Crippen LogP contribution in [0.15, 0.2) is 0 Å². The van der Waals surface area contributed by atoms with Gasteiger partial charge in [0, 0.05) is 37.8 Å². The Bertz CT molecular complexity index is 229. The second-order valence-electron chi connectivity index (χ2n) is 5.61. The fraction of sp³-hybridized carbons (Fsp3) is 1.00. The van der Waals surface area contributed by atoms with Crippen LogP contribution in [0.1, 0.15) is 25.7 Å². The maximum Gasteiger partial charge on any atom is 0.0547 e. The second kappa shape index (κ2) is 6.14. The highest BCUT2D eigenvalue weighted by Crippen LogP contribution is 2.32. The van der Waals surface area contributed by atoms with Gasteiger partial charge in [0.15, 0.2) is 0 Å². The molecule has 2 rings (SSSR count). The summed E-state index contributed by atoms with van der Waals surface area (Å²) in [5, 5.41) is 12.4. The van der Waals surface area contributed by atoms with Gasteiger partial charge in [0.2, 0.25) is 0 Å². The van der Waals surface area contributed by atoms with Gasteiger partial charge in [-0.05, 0) is 39.3 Å². The van der Waals surface area contributed by atoms with Crippen molar-refractivity contribution in [2.45, 2.75) is 31.7 Å². The summed E-state index contributed by atoms with van der Waals surface area (Å²) in [7, 11) is 2.02. The van der Waals surface area contributed by atoms with Gasteiger partial charge in [0.1, 0.15) is 0 Å². The normalized spacial score (nSPS) is 34.6. The third kappa shape index (κ3) is 3.19. The molecule has 2 aliphatic rings. The highest BCUT2D eigenvalue weighted by atomic mass is 16.5. The minimum Gasteiger partial charge on any atom is -0.396 e. The van der Waals surface area contributed by atoms with E-state index in [2.05, 4.69) is 10.2 Å². The van der Waals surface area contributed by atoms with E-state index in [0.29, 0.717) is 18.1 Å². The van der Waals surface area contributed by atoms with Crippen LogP contribution in [0.2, 0.25) is 0 Å². The number of aliphatic hydroxyl groups excluding tert-OH is 1. The molecule has 0 saturated carbocycles. The zero-order valence-corrected chi connectivity index (χ0v) is 11.0. The second-order valence-corrected chi connectivity index (χ2v) is 5.61. The van der Waals surface area contributed by atoms with E-state index in [4.69, 9.17) is 9.84 Å². The lowest BCUT2D eigenvalue weighted by Gasteiger charge is -2.35. The molecule has 2 N–H and O–H groups in total. The molecule has 17 heavy (non-hydrogen) atoms. The van der Waals surface area contributed by atoms with Gasteiger partial charge in [0.25, 0.3) is 0 Å². The molecule has 0 aliphatic carbocycles. The van der Waals surface area contributed by atoms with Gasteiger partial charge in [-0.25, -0.2) is 0 Å². The van der Waals surface area contributed by atoms with Crippen molar-refractivity contribution in [3.63, 3.8) is 0 Å². The molecule has 0 radical (unpaired) electrons. The first-order valence-electron chi connectivity index (χ1n) is 6.87. The average Bonchev–Trinajstić information content (AvgIpc) is 2.92. The van der Waals surface area contributed by atoms with Gasteiger partial charge in [0.05, 0.1) is 6.61 Å². The molecular formula is C13H26N2O2. The van der Waals surface area contributed by atoms with Crippen LogP contribution in [0.5, 0.6) is 0 Å². The van der Waals surface area contributed by atoms with Crippen molar-refractivity contribution in [2.75, 3.05) is 46.5 Å². The van der Waals surface area contributed by atoms with Crippen molar-refractivity contribution in [3.8, 4) is 0 Å². The number of rotatable bonds is 6. The molecule has 0 bridgehead atoms. The van der Waals surface area contributed by atoms with Crippen molar-refractivity contribution in [1.29, 1.82) is 0 Å². The molecule has 2 heterocycles. The molecule has 0 spiro atoms. The Morgan fingerprint density at radius 3 is 3.06 bits per heavy atom. The van der Waals surface area contributed by atoms with E-state index in [9.17, 15) is 0 Å². The molecule has 2 fully saturated rings. The maximum absolute atomic E-state index is 9.11. The minimum absolute atomic E-state index is 0.298. The van der Waals surface area contributed by atoms with Crippen LogP contribution in [0.25, 0.3) is 0 Å². The summed E-state index contributed by atoms with van der Waals surface area (Å²) in [4.78, 5) is 2.57. The van der Waals surface area contributed by atoms with Crippen LogP contribution >= 0.6 is 0 Å². The minimum atomic E-state index is 0.298. The number of ether oxygens (including phenoxy) is 1. The average molecular weight is 242 g/mol. The van der Waals surface area contributed by atoms with E-state index in [-0.39, 0.29) is 0 Å². The summed E-state index contributed by atoms with van der Waals surface area (Å²) in [5.41, 5.74) is 0.298. The first-order chi connectivity index (χ1) is 8.29. The smallest absolute Gasteiger partial charge is 0.0547 e. The summed E-state index contributed by atoms with van der Waals surface area (Å²) >= 11 is 0. The Morgan fingerprint density at radius 1 is 1.53 bits per heavy atom. The molecule has 4 nitrogen and oxygen atoms in total. The maximum atomic E-state index is 9.11. The molecular weight excluding hydrogens is 216 g/mol. The largest absolute Gasteiger partial charge is 0.396 e. The molecule has 4 heteroatoms. The van der Waals surface area contributed by atoms with Crippen molar-refractivity contribution < 1.29 is 9.84 Å². The van der Waals surface area contributed by atoms with Gasteiger partial charge in [-0.3, -0.25) is 4.90 Å². The number of nitrogens with one attached hydrogen (secondary N) is 1. The molecule has 2 atom stereocenters. The molecule has 2 aliphatic heterocycles. The van der Waals surface area contributed by atoms with Crippen molar-refractivity contribution in [2.24, 2.45) is 5.41 Å². The highest BCUT2D eigenvalue weighted by Gasteiger charge is 2.38. The van der Waals surface area contributed by atoms with Crippen LogP contribution < -0.4 is 5.32 Å². The monoisotopic (exact) mass is 242 g/mol. The fourth-order valence-corrected chi connectivity index (χ4v) is 3.35. The number of likely N-dealkylation sites (tertiary alicyclic amines) is 1. The molecule has 0 amide bonds. The summed E-state index contributed by atoms with van der Waals surface area (Å²) in [5.74, 6) is 0. The fourth-order valence-electron chi connectivity index (χ4n) is 3.35. The van der Waals surface area contributed by atoms with E-state index < -0.39 is 0 Å². The molecule has 0 aromatic carbocycles. The lowest BCUT2D eigenvalue weighted by atomic mass is 9.86. The van der Waals surface area contributed by atoms with Crippen LogP contribution in [0.4, 0.5) is 0 Å². The Balaban J connectivity index is 1.92. The Hall–Kier alpha value is -0.160. The van der Waals surface area contributed by atoms with Gasteiger partial charge in [-0.2, -0.15) is 0 Å². The number of hydrogen-bond donors (Lipinski definition) is 2. The summed E-state index contributed by atoms with van der Waals surface area (Å²) in [6, 6.07) is 0.592. The van der Waals surface area contributed by atoms with E-state index in [1.165, 1.54) is 19.4 Å². The van der Waals surface area contributed by atoms with E-state index >= 15 is 0 Å². The topological polar surface area (TPSA) is 44.7 Å². The first-order valence-corrected chi connectivity index (χ1v) is 6.87. The van der Waals surface area contributed by atoms with Gasteiger partial charge in [-0.15, -0.1) is 0 Å². The van der Waals surface area contributed by atoms with Gasteiger partial charge in [-0.1, -0.05) is 0 Å². The van der Waals surface area contributed by atoms with Gasteiger partial charge >= 0.3 is 0 Å². The summed E-state index contributed by atoms with van der Waals surface area (Å²) in [6.45, 7) is 5.46. The molecule has 2 saturated heterocycles. The molecule has 2 unspecified atom stereocenters. The van der Waals surface area contributed by atoms with E-state index in [0.717, 1.165) is 39.1 Å². The Kier molecular flexibility index (Phi) is 4.79. The van der Waals surface area contributed by atoms with Crippen LogP contribution in [0, 0.1) is 5.41 Å². The van der Waals surface area contributed by atoms with E-state index in [1.807, 2.05) is 7.05 Å². The summed E-state index contributed by atoms with van der Waals surface area (Å²) < 4.78 is 5.60. The van der Waals surface area contributed by atoms with Crippen LogP contribution in [-0.4, -0.2) is 62.6 Å². The van der Waals surface area contributed by atoms with Crippen molar-refractivity contribution in [3.05, 3.63) is 0 Å². The standard InChI is InChI=1S/C13H26N2O2/c1-14-9-13(5-8-17-11-13)10-15-6-2-3-12(15)4-7-16/h12,14,16H,2-11H2,1H3. The van der Waals surface area contributed by atoms with Crippen molar-refractivity contribution in [1.82, 2.24) is 10.2 Å². The summed E-state index contributed by atoms with van der Waals surface area (Å²) in [6.07, 6.45) is 4.62. The number of nitrogens with zero attached hydrogens (tertiary/aromatic N) is 1. The quantitative estimate of drug-likeness (QED) is 0.710. The van der Waals surface area contributed by atoms with Crippen LogP contribution in [-0.2, 0) is 4.74 Å². The Labute approximate surface area is 104 Å². The third-order valence-corrected chi connectivity index (χ3v) is 4.24. The third-order valence-electron chi connectivity index (χ3n) is 4.24. The molecule has 100 valence electrons. The van der Waals surface area contributed by atoms with E-state index in [1.54, 1.807) is 0 Å². The first kappa shape index (κ1) is 13.3. The van der Waals surface area contributed by atoms with Crippen LogP contribution in [0.3, 0.4) is 0 Å². The predicted molar refractivity (Wildman–Crippen MR) is 68.1 cm³/mol. The number of aliphatic hydroxyl groups is 1. The molecule has 0 aromatic rings. The Morgan fingerprint density at radius 2 is 2.41 bits per heavy atom. The highest BCUT2D eigenvalue weighted by molar-refractivity contribution is 4.91. The van der Waals surface area contributed by atoms with Gasteiger partial charge < -0.3 is 15.2 Å². The zero-order valence-electron chi connectivity index (χ0n) is 11.0. The lowest BCUT2D eigenvalue weighted by molar-refractivity contribution is 0.0961.